The van der Waals surface area contributed by atoms with Crippen LogP contribution in [0.25, 0.3) is 0 Å². The second-order valence-electron chi connectivity index (χ2n) is 6.04. The van der Waals surface area contributed by atoms with Crippen molar-refractivity contribution in [2.45, 2.75) is 52.0 Å². The van der Waals surface area contributed by atoms with E-state index in [4.69, 9.17) is 0 Å². The minimum Gasteiger partial charge on any atom is -0.314 e. The lowest BCUT2D eigenvalue weighted by Gasteiger charge is -2.53. The van der Waals surface area contributed by atoms with Crippen LogP contribution in [0.3, 0.4) is 0 Å². The lowest BCUT2D eigenvalue weighted by Crippen LogP contribution is -2.57. The largest absolute Gasteiger partial charge is 0.314 e. The Bertz CT molecular complexity index is 209. The fraction of sp³-hybridized carbons (Fsp3) is 1.00. The Kier molecular flexibility index (Phi) is 2.63. The van der Waals surface area contributed by atoms with E-state index in [1.807, 2.05) is 0 Å². The third-order valence-corrected chi connectivity index (χ3v) is 5.14. The molecule has 1 N–H and O–H groups in total. The average molecular weight is 195 g/mol. The van der Waals surface area contributed by atoms with Gasteiger partial charge in [-0.3, -0.25) is 0 Å². The molecule has 2 fully saturated rings. The third-order valence-electron chi connectivity index (χ3n) is 5.14. The molecule has 0 heterocycles. The molecule has 0 aliphatic heterocycles. The van der Waals surface area contributed by atoms with Gasteiger partial charge in [0.05, 0.1) is 0 Å². The van der Waals surface area contributed by atoms with Crippen molar-refractivity contribution in [3.05, 3.63) is 0 Å². The standard InChI is InChI=1S/C13H25N/c1-9-5-11-7-10(2)13(3,14-4)12(6-9)8-11/h9-12,14H,5-8H2,1-4H3. The topological polar surface area (TPSA) is 12.0 Å². The van der Waals surface area contributed by atoms with Crippen molar-refractivity contribution >= 4 is 0 Å². The van der Waals surface area contributed by atoms with Gasteiger partial charge in [-0.15, -0.1) is 0 Å². The zero-order valence-corrected chi connectivity index (χ0v) is 10.1. The summed E-state index contributed by atoms with van der Waals surface area (Å²) in [5.74, 6) is 3.76. The molecular formula is C13H25N. The van der Waals surface area contributed by atoms with Crippen LogP contribution in [-0.2, 0) is 0 Å². The van der Waals surface area contributed by atoms with Crippen molar-refractivity contribution in [3.8, 4) is 0 Å². The van der Waals surface area contributed by atoms with Crippen molar-refractivity contribution in [2.75, 3.05) is 7.05 Å². The van der Waals surface area contributed by atoms with Crippen molar-refractivity contribution in [2.24, 2.45) is 23.7 Å². The van der Waals surface area contributed by atoms with E-state index in [0.29, 0.717) is 5.54 Å². The van der Waals surface area contributed by atoms with Gasteiger partial charge in [0.2, 0.25) is 0 Å². The Morgan fingerprint density at radius 3 is 2.43 bits per heavy atom. The first-order chi connectivity index (χ1) is 6.56. The van der Waals surface area contributed by atoms with Crippen LogP contribution in [-0.4, -0.2) is 12.6 Å². The fourth-order valence-corrected chi connectivity index (χ4v) is 4.03. The number of hydrogen-bond donors (Lipinski definition) is 1. The normalized spacial score (nSPS) is 53.1. The number of fused-ring (bicyclic) bond motifs is 2. The summed E-state index contributed by atoms with van der Waals surface area (Å²) >= 11 is 0. The van der Waals surface area contributed by atoms with Gasteiger partial charge in [0.1, 0.15) is 0 Å². The van der Waals surface area contributed by atoms with Crippen molar-refractivity contribution in [1.82, 2.24) is 5.32 Å². The molecule has 0 amide bonds. The maximum atomic E-state index is 3.61. The summed E-state index contributed by atoms with van der Waals surface area (Å²) in [7, 11) is 2.15. The highest BCUT2D eigenvalue weighted by Gasteiger charge is 2.46. The fourth-order valence-electron chi connectivity index (χ4n) is 4.03. The van der Waals surface area contributed by atoms with Crippen LogP contribution >= 0.6 is 0 Å². The molecule has 14 heavy (non-hydrogen) atoms. The van der Waals surface area contributed by atoms with Crippen molar-refractivity contribution < 1.29 is 0 Å². The Morgan fingerprint density at radius 2 is 1.79 bits per heavy atom. The molecule has 0 aromatic carbocycles. The smallest absolute Gasteiger partial charge is 0.0204 e. The molecule has 1 nitrogen and oxygen atoms in total. The first kappa shape index (κ1) is 10.5. The first-order valence-corrected chi connectivity index (χ1v) is 6.25. The summed E-state index contributed by atoms with van der Waals surface area (Å²) in [5.41, 5.74) is 0.408. The van der Waals surface area contributed by atoms with Crippen LogP contribution < -0.4 is 5.32 Å². The Morgan fingerprint density at radius 1 is 1.07 bits per heavy atom. The van der Waals surface area contributed by atoms with Crippen LogP contribution in [0.4, 0.5) is 0 Å². The maximum Gasteiger partial charge on any atom is 0.0204 e. The quantitative estimate of drug-likeness (QED) is 0.678. The molecule has 1 heteroatoms. The number of nitrogens with one attached hydrogen (secondary N) is 1. The number of hydrogen-bond acceptors (Lipinski definition) is 1. The summed E-state index contributed by atoms with van der Waals surface area (Å²) in [6.45, 7) is 7.31. The van der Waals surface area contributed by atoms with E-state index < -0.39 is 0 Å². The van der Waals surface area contributed by atoms with Gasteiger partial charge in [-0.2, -0.15) is 0 Å². The molecule has 0 spiro atoms. The highest BCUT2D eigenvalue weighted by Crippen LogP contribution is 2.49. The predicted octanol–water partition coefficient (Wildman–Crippen LogP) is 3.06. The van der Waals surface area contributed by atoms with E-state index in [9.17, 15) is 0 Å². The molecule has 82 valence electrons. The lowest BCUT2D eigenvalue weighted by molar-refractivity contribution is 0.0142. The SMILES string of the molecule is CNC1(C)C(C)CC2CC(C)CC1C2. The van der Waals surface area contributed by atoms with Gasteiger partial charge in [-0.05, 0) is 63.3 Å². The van der Waals surface area contributed by atoms with Crippen LogP contribution in [0.5, 0.6) is 0 Å². The van der Waals surface area contributed by atoms with Gasteiger partial charge in [0.15, 0.2) is 0 Å². The van der Waals surface area contributed by atoms with Gasteiger partial charge in [0.25, 0.3) is 0 Å². The van der Waals surface area contributed by atoms with Gasteiger partial charge >= 0.3 is 0 Å². The van der Waals surface area contributed by atoms with Crippen molar-refractivity contribution in [1.29, 1.82) is 0 Å². The van der Waals surface area contributed by atoms with Crippen LogP contribution in [0, 0.1) is 23.7 Å². The molecule has 5 unspecified atom stereocenters. The van der Waals surface area contributed by atoms with Gasteiger partial charge < -0.3 is 5.32 Å². The summed E-state index contributed by atoms with van der Waals surface area (Å²) < 4.78 is 0. The van der Waals surface area contributed by atoms with Crippen LogP contribution in [0.2, 0.25) is 0 Å². The highest BCUT2D eigenvalue weighted by atomic mass is 15.0. The molecule has 5 atom stereocenters. The van der Waals surface area contributed by atoms with Gasteiger partial charge in [0, 0.05) is 5.54 Å². The van der Waals surface area contributed by atoms with Crippen LogP contribution in [0.1, 0.15) is 46.5 Å². The minimum absolute atomic E-state index is 0.408. The monoisotopic (exact) mass is 195 g/mol. The third kappa shape index (κ3) is 1.50. The Labute approximate surface area is 88.7 Å². The van der Waals surface area contributed by atoms with Crippen molar-refractivity contribution in [3.63, 3.8) is 0 Å². The summed E-state index contributed by atoms with van der Waals surface area (Å²) in [4.78, 5) is 0. The second-order valence-corrected chi connectivity index (χ2v) is 6.04. The molecule has 2 bridgehead atoms. The molecule has 2 aliphatic rings. The summed E-state index contributed by atoms with van der Waals surface area (Å²) in [6.07, 6.45) is 5.85. The number of rotatable bonds is 1. The molecule has 2 saturated carbocycles. The first-order valence-electron chi connectivity index (χ1n) is 6.25. The van der Waals surface area contributed by atoms with E-state index in [0.717, 1.165) is 23.7 Å². The highest BCUT2D eigenvalue weighted by molar-refractivity contribution is 5.01. The van der Waals surface area contributed by atoms with E-state index >= 15 is 0 Å². The van der Waals surface area contributed by atoms with E-state index in [-0.39, 0.29) is 0 Å². The molecule has 0 saturated heterocycles. The van der Waals surface area contributed by atoms with Crippen LogP contribution in [0.15, 0.2) is 0 Å². The molecular weight excluding hydrogens is 170 g/mol. The Balaban J connectivity index is 2.18. The average Bonchev–Trinajstić information content (AvgIpc) is 2.13. The molecule has 0 aromatic rings. The second kappa shape index (κ2) is 3.52. The molecule has 2 aliphatic carbocycles. The summed E-state index contributed by atoms with van der Waals surface area (Å²) in [5, 5.41) is 3.61. The lowest BCUT2D eigenvalue weighted by atomic mass is 9.57. The zero-order valence-electron chi connectivity index (χ0n) is 10.1. The molecule has 2 rings (SSSR count). The zero-order chi connectivity index (χ0) is 10.3. The van der Waals surface area contributed by atoms with Gasteiger partial charge in [-0.1, -0.05) is 13.8 Å². The van der Waals surface area contributed by atoms with E-state index in [1.165, 1.54) is 25.7 Å². The van der Waals surface area contributed by atoms with E-state index in [1.54, 1.807) is 0 Å². The Hall–Kier alpha value is -0.0400. The maximum absolute atomic E-state index is 3.61. The molecule has 0 aromatic heterocycles. The minimum atomic E-state index is 0.408. The van der Waals surface area contributed by atoms with Gasteiger partial charge in [-0.25, -0.2) is 0 Å². The predicted molar refractivity (Wildman–Crippen MR) is 61.2 cm³/mol. The van der Waals surface area contributed by atoms with E-state index in [2.05, 4.69) is 33.1 Å². The molecule has 0 radical (unpaired) electrons. The summed E-state index contributed by atoms with van der Waals surface area (Å²) in [6, 6.07) is 0.